The summed E-state index contributed by atoms with van der Waals surface area (Å²) < 4.78 is 0.981. The summed E-state index contributed by atoms with van der Waals surface area (Å²) in [5.41, 5.74) is 1.50. The lowest BCUT2D eigenvalue weighted by molar-refractivity contribution is -0.384. The van der Waals surface area contributed by atoms with Gasteiger partial charge in [-0.3, -0.25) is 10.1 Å². The molecule has 0 spiro atoms. The molecule has 0 aliphatic carbocycles. The van der Waals surface area contributed by atoms with Crippen molar-refractivity contribution in [3.8, 4) is 0 Å². The quantitative estimate of drug-likeness (QED) is 0.658. The Labute approximate surface area is 136 Å². The van der Waals surface area contributed by atoms with Crippen LogP contribution in [0, 0.1) is 10.1 Å². The van der Waals surface area contributed by atoms with Gasteiger partial charge in [-0.05, 0) is 29.8 Å². The maximum atomic E-state index is 12.1. The molecule has 2 rings (SSSR count). The van der Waals surface area contributed by atoms with Crippen LogP contribution in [0.5, 0.6) is 0 Å². The molecule has 0 aliphatic heterocycles. The fraction of sp³-hybridized carbons (Fsp3) is 0.133. The lowest BCUT2D eigenvalue weighted by atomic mass is 10.2. The van der Waals surface area contributed by atoms with Crippen LogP contribution in [-0.4, -0.2) is 22.9 Å². The third kappa shape index (κ3) is 4.29. The number of nitro groups is 1. The summed E-state index contributed by atoms with van der Waals surface area (Å²) >= 11 is 3.36. The lowest BCUT2D eigenvalue weighted by Crippen LogP contribution is -2.30. The highest BCUT2D eigenvalue weighted by molar-refractivity contribution is 9.10. The zero-order chi connectivity index (χ0) is 16.1. The van der Waals surface area contributed by atoms with Crippen molar-refractivity contribution in [2.24, 2.45) is 0 Å². The van der Waals surface area contributed by atoms with Gasteiger partial charge in [0.15, 0.2) is 0 Å². The van der Waals surface area contributed by atoms with Gasteiger partial charge < -0.3 is 10.2 Å². The van der Waals surface area contributed by atoms with Crippen molar-refractivity contribution in [3.05, 3.63) is 68.7 Å². The highest BCUT2D eigenvalue weighted by atomic mass is 79.9. The summed E-state index contributed by atoms with van der Waals surface area (Å²) in [6.45, 7) is 0.464. The summed E-state index contributed by atoms with van der Waals surface area (Å²) in [6.07, 6.45) is 0. The molecule has 0 fully saturated rings. The molecule has 0 saturated heterocycles. The molecular formula is C15H14BrN3O3. The number of amides is 2. The maximum Gasteiger partial charge on any atom is 0.321 e. The Morgan fingerprint density at radius 2 is 1.77 bits per heavy atom. The molecule has 6 nitrogen and oxygen atoms in total. The fourth-order valence-corrected chi connectivity index (χ4v) is 2.09. The van der Waals surface area contributed by atoms with Crippen molar-refractivity contribution in [2.75, 3.05) is 12.4 Å². The van der Waals surface area contributed by atoms with Crippen molar-refractivity contribution in [1.29, 1.82) is 0 Å². The van der Waals surface area contributed by atoms with Crippen molar-refractivity contribution in [1.82, 2.24) is 4.90 Å². The van der Waals surface area contributed by atoms with Gasteiger partial charge in [0, 0.05) is 35.9 Å². The van der Waals surface area contributed by atoms with Gasteiger partial charge in [0.1, 0.15) is 0 Å². The Hall–Kier alpha value is -2.41. The second kappa shape index (κ2) is 7.04. The van der Waals surface area contributed by atoms with Crippen LogP contribution in [-0.2, 0) is 6.54 Å². The molecule has 1 N–H and O–H groups in total. The molecule has 0 unspecified atom stereocenters. The maximum absolute atomic E-state index is 12.1. The minimum atomic E-state index is -0.481. The van der Waals surface area contributed by atoms with Crippen molar-refractivity contribution < 1.29 is 9.72 Å². The highest BCUT2D eigenvalue weighted by Crippen LogP contribution is 2.16. The summed E-state index contributed by atoms with van der Waals surface area (Å²) in [5, 5.41) is 13.3. The molecule has 2 aromatic carbocycles. The van der Waals surface area contributed by atoms with E-state index in [-0.39, 0.29) is 11.7 Å². The van der Waals surface area contributed by atoms with E-state index < -0.39 is 4.92 Å². The third-order valence-electron chi connectivity index (χ3n) is 3.01. The number of anilines is 1. The standard InChI is InChI=1S/C15H14BrN3O3/c1-18(10-11-2-4-12(16)5-3-11)15(20)17-13-6-8-14(9-7-13)19(21)22/h2-9H,10H2,1H3,(H,17,20). The Bertz CT molecular complexity index is 671. The number of rotatable bonds is 4. The predicted molar refractivity (Wildman–Crippen MR) is 87.7 cm³/mol. The normalized spacial score (nSPS) is 10.1. The van der Waals surface area contributed by atoms with Gasteiger partial charge in [0.25, 0.3) is 5.69 Å². The number of nitrogens with one attached hydrogen (secondary N) is 1. The average Bonchev–Trinajstić information content (AvgIpc) is 2.50. The van der Waals surface area contributed by atoms with E-state index in [2.05, 4.69) is 21.2 Å². The molecule has 2 aromatic rings. The number of benzene rings is 2. The number of hydrogen-bond acceptors (Lipinski definition) is 3. The van der Waals surface area contributed by atoms with Gasteiger partial charge in [-0.1, -0.05) is 28.1 Å². The number of non-ortho nitro benzene ring substituents is 1. The Kier molecular flexibility index (Phi) is 5.11. The molecule has 0 aromatic heterocycles. The number of carbonyl (C=O) groups excluding carboxylic acids is 1. The third-order valence-corrected chi connectivity index (χ3v) is 3.54. The molecule has 0 heterocycles. The lowest BCUT2D eigenvalue weighted by Gasteiger charge is -2.18. The minimum absolute atomic E-state index is 0.0128. The molecule has 0 radical (unpaired) electrons. The minimum Gasteiger partial charge on any atom is -0.323 e. The zero-order valence-electron chi connectivity index (χ0n) is 11.8. The molecule has 2 amide bonds. The molecule has 114 valence electrons. The SMILES string of the molecule is CN(Cc1ccc(Br)cc1)C(=O)Nc1ccc([N+](=O)[O-])cc1. The molecule has 7 heteroatoms. The van der Waals surface area contributed by atoms with Gasteiger partial charge in [-0.15, -0.1) is 0 Å². The molecule has 22 heavy (non-hydrogen) atoms. The van der Waals surface area contributed by atoms with Crippen LogP contribution in [0.4, 0.5) is 16.2 Å². The van der Waals surface area contributed by atoms with Crippen LogP contribution in [0.1, 0.15) is 5.56 Å². The number of nitrogens with zero attached hydrogens (tertiary/aromatic N) is 2. The van der Waals surface area contributed by atoms with Crippen LogP contribution in [0.2, 0.25) is 0 Å². The van der Waals surface area contributed by atoms with E-state index in [1.807, 2.05) is 24.3 Å². The van der Waals surface area contributed by atoms with Crippen molar-refractivity contribution in [3.63, 3.8) is 0 Å². The molecule has 0 bridgehead atoms. The first kappa shape index (κ1) is 16.0. The van der Waals surface area contributed by atoms with Gasteiger partial charge in [-0.2, -0.15) is 0 Å². The van der Waals surface area contributed by atoms with E-state index in [1.54, 1.807) is 7.05 Å². The first-order valence-corrected chi connectivity index (χ1v) is 7.26. The molecule has 0 aliphatic rings. The number of urea groups is 1. The number of nitro benzene ring substituents is 1. The topological polar surface area (TPSA) is 75.5 Å². The van der Waals surface area contributed by atoms with Gasteiger partial charge in [-0.25, -0.2) is 4.79 Å². The van der Waals surface area contributed by atoms with Crippen molar-refractivity contribution >= 4 is 33.3 Å². The smallest absolute Gasteiger partial charge is 0.321 e. The van der Waals surface area contributed by atoms with E-state index in [4.69, 9.17) is 0 Å². The Morgan fingerprint density at radius 3 is 2.32 bits per heavy atom. The van der Waals surface area contributed by atoms with Crippen LogP contribution in [0.25, 0.3) is 0 Å². The van der Waals surface area contributed by atoms with E-state index in [9.17, 15) is 14.9 Å². The fourth-order valence-electron chi connectivity index (χ4n) is 1.82. The van der Waals surface area contributed by atoms with E-state index in [0.29, 0.717) is 12.2 Å². The van der Waals surface area contributed by atoms with E-state index in [0.717, 1.165) is 10.0 Å². The zero-order valence-corrected chi connectivity index (χ0v) is 13.4. The Morgan fingerprint density at radius 1 is 1.18 bits per heavy atom. The van der Waals surface area contributed by atoms with Crippen LogP contribution in [0.15, 0.2) is 53.0 Å². The first-order valence-electron chi connectivity index (χ1n) is 6.47. The highest BCUT2D eigenvalue weighted by Gasteiger charge is 2.10. The summed E-state index contributed by atoms with van der Waals surface area (Å²) in [5.74, 6) is 0. The van der Waals surface area contributed by atoms with Crippen LogP contribution >= 0.6 is 15.9 Å². The number of halogens is 1. The van der Waals surface area contributed by atoms with Gasteiger partial charge in [0.05, 0.1) is 4.92 Å². The van der Waals surface area contributed by atoms with Crippen LogP contribution in [0.3, 0.4) is 0 Å². The van der Waals surface area contributed by atoms with Gasteiger partial charge >= 0.3 is 6.03 Å². The molecule has 0 saturated carbocycles. The molecule has 0 atom stereocenters. The summed E-state index contributed by atoms with van der Waals surface area (Å²) in [7, 11) is 1.68. The predicted octanol–water partition coefficient (Wildman–Crippen LogP) is 4.02. The monoisotopic (exact) mass is 363 g/mol. The van der Waals surface area contributed by atoms with E-state index >= 15 is 0 Å². The second-order valence-corrected chi connectivity index (χ2v) is 5.63. The van der Waals surface area contributed by atoms with Crippen LogP contribution < -0.4 is 5.32 Å². The largest absolute Gasteiger partial charge is 0.323 e. The van der Waals surface area contributed by atoms with Gasteiger partial charge in [0.2, 0.25) is 0 Å². The Balaban J connectivity index is 1.95. The summed E-state index contributed by atoms with van der Waals surface area (Å²) in [4.78, 5) is 23.7. The number of carbonyl (C=O) groups is 1. The van der Waals surface area contributed by atoms with Crippen molar-refractivity contribution in [2.45, 2.75) is 6.54 Å². The number of hydrogen-bond donors (Lipinski definition) is 1. The van der Waals surface area contributed by atoms with E-state index in [1.165, 1.54) is 29.2 Å². The summed E-state index contributed by atoms with van der Waals surface area (Å²) in [6, 6.07) is 13.1. The first-order chi connectivity index (χ1) is 10.5. The molecular weight excluding hydrogens is 350 g/mol. The second-order valence-electron chi connectivity index (χ2n) is 4.72. The average molecular weight is 364 g/mol.